The number of carbonyl (C=O) groups excluding carboxylic acids is 2. The normalized spacial score (nSPS) is 13.1. The number of rotatable bonds is 12. The van der Waals surface area contributed by atoms with Gasteiger partial charge in [0.2, 0.25) is 5.91 Å². The standard InChI is InChI=1S/C26H32N2O6/c1-17(2)15-33-13-7-12-27-25(31)23(14-24(29)30)28-26(32)34-16-22-20-10-5-3-8-18(20)19-9-4-6-11-21(19)22/h3-6,8-11,17,22-23H,7,12-16H2,1-2H3,(H,27,31)(H,28,32)(H,29,30). The van der Waals surface area contributed by atoms with Crippen molar-refractivity contribution >= 4 is 18.0 Å². The monoisotopic (exact) mass is 468 g/mol. The molecule has 0 aromatic heterocycles. The maximum absolute atomic E-state index is 12.5. The van der Waals surface area contributed by atoms with Gasteiger partial charge in [0.15, 0.2) is 0 Å². The number of alkyl carbamates (subject to hydrolysis) is 1. The van der Waals surface area contributed by atoms with Crippen LogP contribution < -0.4 is 10.6 Å². The highest BCUT2D eigenvalue weighted by atomic mass is 16.5. The smallest absolute Gasteiger partial charge is 0.407 e. The topological polar surface area (TPSA) is 114 Å². The summed E-state index contributed by atoms with van der Waals surface area (Å²) in [6, 6.07) is 14.7. The number of hydrogen-bond donors (Lipinski definition) is 3. The molecule has 0 aliphatic heterocycles. The van der Waals surface area contributed by atoms with E-state index < -0.39 is 30.4 Å². The Balaban J connectivity index is 1.53. The summed E-state index contributed by atoms with van der Waals surface area (Å²) in [5.74, 6) is -1.47. The number of fused-ring (bicyclic) bond motifs is 3. The fourth-order valence-electron chi connectivity index (χ4n) is 3.99. The van der Waals surface area contributed by atoms with E-state index >= 15 is 0 Å². The molecule has 0 saturated heterocycles. The van der Waals surface area contributed by atoms with E-state index in [0.717, 1.165) is 22.3 Å². The van der Waals surface area contributed by atoms with E-state index in [-0.39, 0.29) is 12.5 Å². The van der Waals surface area contributed by atoms with E-state index in [1.807, 2.05) is 62.4 Å². The molecule has 0 bridgehead atoms. The quantitative estimate of drug-likeness (QED) is 0.411. The zero-order valence-electron chi connectivity index (χ0n) is 19.6. The molecule has 1 aliphatic rings. The fraction of sp³-hybridized carbons (Fsp3) is 0.423. The first-order valence-corrected chi connectivity index (χ1v) is 11.6. The molecule has 0 spiro atoms. The SMILES string of the molecule is CC(C)COCCCNC(=O)C(CC(=O)O)NC(=O)OCC1c2ccccc2-c2ccccc21. The molecule has 8 nitrogen and oxygen atoms in total. The van der Waals surface area contributed by atoms with Crippen molar-refractivity contribution in [2.45, 2.75) is 38.6 Å². The lowest BCUT2D eigenvalue weighted by atomic mass is 9.98. The molecular weight excluding hydrogens is 436 g/mol. The summed E-state index contributed by atoms with van der Waals surface area (Å²) < 4.78 is 10.9. The number of hydrogen-bond acceptors (Lipinski definition) is 5. The minimum atomic E-state index is -1.23. The molecule has 0 fully saturated rings. The average molecular weight is 469 g/mol. The van der Waals surface area contributed by atoms with Gasteiger partial charge in [-0.1, -0.05) is 62.4 Å². The second-order valence-corrected chi connectivity index (χ2v) is 8.73. The summed E-state index contributed by atoms with van der Waals surface area (Å²) in [4.78, 5) is 36.2. The van der Waals surface area contributed by atoms with Gasteiger partial charge in [-0.3, -0.25) is 9.59 Å². The van der Waals surface area contributed by atoms with Gasteiger partial charge < -0.3 is 25.2 Å². The van der Waals surface area contributed by atoms with E-state index in [1.165, 1.54) is 0 Å². The van der Waals surface area contributed by atoms with Gasteiger partial charge in [0.05, 0.1) is 6.42 Å². The van der Waals surface area contributed by atoms with Crippen LogP contribution in [0.1, 0.15) is 43.7 Å². The van der Waals surface area contributed by atoms with Crippen LogP contribution in [0.25, 0.3) is 11.1 Å². The summed E-state index contributed by atoms with van der Waals surface area (Å²) in [5.41, 5.74) is 4.34. The van der Waals surface area contributed by atoms with Crippen molar-refractivity contribution in [2.75, 3.05) is 26.4 Å². The highest BCUT2D eigenvalue weighted by Gasteiger charge is 2.30. The third kappa shape index (κ3) is 6.81. The molecule has 34 heavy (non-hydrogen) atoms. The van der Waals surface area contributed by atoms with Gasteiger partial charge in [0.1, 0.15) is 12.6 Å². The van der Waals surface area contributed by atoms with Crippen molar-refractivity contribution in [1.29, 1.82) is 0 Å². The van der Waals surface area contributed by atoms with Gasteiger partial charge in [-0.25, -0.2) is 4.79 Å². The molecule has 0 heterocycles. The zero-order chi connectivity index (χ0) is 24.5. The Hall–Kier alpha value is -3.39. The van der Waals surface area contributed by atoms with Crippen LogP contribution in [0.5, 0.6) is 0 Å². The molecule has 182 valence electrons. The number of carboxylic acids is 1. The van der Waals surface area contributed by atoms with Gasteiger partial charge in [-0.15, -0.1) is 0 Å². The van der Waals surface area contributed by atoms with Crippen LogP contribution in [0.2, 0.25) is 0 Å². The Morgan fingerprint density at radius 2 is 1.62 bits per heavy atom. The minimum Gasteiger partial charge on any atom is -0.481 e. The first-order chi connectivity index (χ1) is 16.4. The molecule has 3 N–H and O–H groups in total. The molecule has 2 aromatic rings. The number of carboxylic acid groups (broad SMARTS) is 1. The average Bonchev–Trinajstić information content (AvgIpc) is 3.12. The van der Waals surface area contributed by atoms with Crippen molar-refractivity contribution in [3.63, 3.8) is 0 Å². The zero-order valence-corrected chi connectivity index (χ0v) is 19.6. The van der Waals surface area contributed by atoms with Crippen LogP contribution >= 0.6 is 0 Å². The van der Waals surface area contributed by atoms with E-state index in [9.17, 15) is 14.4 Å². The van der Waals surface area contributed by atoms with Crippen LogP contribution in [0.4, 0.5) is 4.79 Å². The second kappa shape index (κ2) is 12.2. The largest absolute Gasteiger partial charge is 0.481 e. The molecule has 2 aromatic carbocycles. The van der Waals surface area contributed by atoms with Crippen LogP contribution in [-0.2, 0) is 19.1 Å². The van der Waals surface area contributed by atoms with Crippen molar-refractivity contribution in [2.24, 2.45) is 5.92 Å². The number of benzene rings is 2. The lowest BCUT2D eigenvalue weighted by Gasteiger charge is -2.18. The molecule has 1 unspecified atom stereocenters. The van der Waals surface area contributed by atoms with Crippen molar-refractivity contribution < 1.29 is 29.0 Å². The highest BCUT2D eigenvalue weighted by Crippen LogP contribution is 2.44. The van der Waals surface area contributed by atoms with Crippen LogP contribution in [0.3, 0.4) is 0 Å². The molecule has 1 atom stereocenters. The first kappa shape index (κ1) is 25.2. The second-order valence-electron chi connectivity index (χ2n) is 8.73. The Morgan fingerprint density at radius 3 is 2.21 bits per heavy atom. The Morgan fingerprint density at radius 1 is 1.00 bits per heavy atom. The maximum Gasteiger partial charge on any atom is 0.407 e. The van der Waals surface area contributed by atoms with Crippen LogP contribution in [0, 0.1) is 5.92 Å². The van der Waals surface area contributed by atoms with Crippen LogP contribution in [0.15, 0.2) is 48.5 Å². The Bertz CT molecular complexity index is 961. The van der Waals surface area contributed by atoms with Crippen LogP contribution in [-0.4, -0.2) is 55.5 Å². The third-order valence-electron chi connectivity index (χ3n) is 5.55. The van der Waals surface area contributed by atoms with Gasteiger partial charge in [0, 0.05) is 25.7 Å². The van der Waals surface area contributed by atoms with Crippen molar-refractivity contribution in [3.8, 4) is 11.1 Å². The lowest BCUT2D eigenvalue weighted by Crippen LogP contribution is -2.48. The summed E-state index contributed by atoms with van der Waals surface area (Å²) in [7, 11) is 0. The lowest BCUT2D eigenvalue weighted by molar-refractivity contribution is -0.139. The third-order valence-corrected chi connectivity index (χ3v) is 5.55. The van der Waals surface area contributed by atoms with E-state index in [0.29, 0.717) is 32.1 Å². The van der Waals surface area contributed by atoms with E-state index in [4.69, 9.17) is 14.6 Å². The molecule has 3 rings (SSSR count). The predicted octanol–water partition coefficient (Wildman–Crippen LogP) is 3.55. The summed E-state index contributed by atoms with van der Waals surface area (Å²) >= 11 is 0. The fourth-order valence-corrected chi connectivity index (χ4v) is 3.99. The van der Waals surface area contributed by atoms with Crippen molar-refractivity contribution in [3.05, 3.63) is 59.7 Å². The predicted molar refractivity (Wildman–Crippen MR) is 128 cm³/mol. The number of carbonyl (C=O) groups is 3. The maximum atomic E-state index is 12.5. The molecule has 0 radical (unpaired) electrons. The molecule has 1 aliphatic carbocycles. The van der Waals surface area contributed by atoms with Gasteiger partial charge in [-0.2, -0.15) is 0 Å². The number of aliphatic carboxylic acids is 1. The van der Waals surface area contributed by atoms with E-state index in [2.05, 4.69) is 10.6 Å². The van der Waals surface area contributed by atoms with Gasteiger partial charge in [0.25, 0.3) is 0 Å². The Kier molecular flexibility index (Phi) is 9.04. The number of ether oxygens (including phenoxy) is 2. The summed E-state index contributed by atoms with van der Waals surface area (Å²) in [5, 5.41) is 14.2. The summed E-state index contributed by atoms with van der Waals surface area (Å²) in [6.45, 7) is 5.62. The minimum absolute atomic E-state index is 0.0778. The molecule has 2 amide bonds. The molecule has 0 saturated carbocycles. The van der Waals surface area contributed by atoms with Gasteiger partial charge in [-0.05, 0) is 34.6 Å². The van der Waals surface area contributed by atoms with E-state index in [1.54, 1.807) is 0 Å². The van der Waals surface area contributed by atoms with Gasteiger partial charge >= 0.3 is 12.1 Å². The Labute approximate surface area is 199 Å². The number of nitrogens with one attached hydrogen (secondary N) is 2. The number of amides is 2. The van der Waals surface area contributed by atoms with Crippen molar-refractivity contribution in [1.82, 2.24) is 10.6 Å². The summed E-state index contributed by atoms with van der Waals surface area (Å²) in [6.07, 6.45) is -0.785. The first-order valence-electron chi connectivity index (χ1n) is 11.6. The molecular formula is C26H32N2O6. The highest BCUT2D eigenvalue weighted by molar-refractivity contribution is 5.89. The molecule has 8 heteroatoms.